The molecule has 1 saturated heterocycles. The van der Waals surface area contributed by atoms with Crippen molar-refractivity contribution < 1.29 is 9.53 Å². The van der Waals surface area contributed by atoms with E-state index in [1.165, 1.54) is 17.7 Å². The zero-order valence-electron chi connectivity index (χ0n) is 15.8. The van der Waals surface area contributed by atoms with Crippen LogP contribution in [0.25, 0.3) is 0 Å². The third-order valence-electron chi connectivity index (χ3n) is 4.95. The standard InChI is InChI=1S/C19H24N4O4/c1-20-16(13-17(24)21(2)19(20)26)22-7-9-23(10-8-22)18(25)12-14-5-4-6-15(11-14)27-3/h4-6,11,13H,7-10,12H2,1-3H3. The Labute approximate surface area is 157 Å². The number of hydrogen-bond acceptors (Lipinski definition) is 5. The SMILES string of the molecule is COc1cccc(CC(=O)N2CCN(c3cc(=O)n(C)c(=O)n3C)CC2)c1. The highest BCUT2D eigenvalue weighted by Gasteiger charge is 2.23. The monoisotopic (exact) mass is 372 g/mol. The second-order valence-electron chi connectivity index (χ2n) is 6.64. The van der Waals surface area contributed by atoms with Crippen LogP contribution in [0.3, 0.4) is 0 Å². The summed E-state index contributed by atoms with van der Waals surface area (Å²) in [6.07, 6.45) is 0.321. The zero-order chi connectivity index (χ0) is 19.6. The molecule has 3 rings (SSSR count). The molecule has 0 bridgehead atoms. The van der Waals surface area contributed by atoms with E-state index >= 15 is 0 Å². The fourth-order valence-corrected chi connectivity index (χ4v) is 3.28. The molecule has 0 radical (unpaired) electrons. The van der Waals surface area contributed by atoms with Crippen LogP contribution >= 0.6 is 0 Å². The number of aromatic nitrogens is 2. The molecule has 1 aliphatic rings. The van der Waals surface area contributed by atoms with Crippen molar-refractivity contribution in [1.82, 2.24) is 14.0 Å². The first-order valence-corrected chi connectivity index (χ1v) is 8.83. The average molecular weight is 372 g/mol. The predicted molar refractivity (Wildman–Crippen MR) is 102 cm³/mol. The maximum Gasteiger partial charge on any atom is 0.332 e. The van der Waals surface area contributed by atoms with E-state index in [1.807, 2.05) is 34.1 Å². The lowest BCUT2D eigenvalue weighted by Crippen LogP contribution is -2.51. The number of amides is 1. The first-order valence-electron chi connectivity index (χ1n) is 8.83. The van der Waals surface area contributed by atoms with Crippen molar-refractivity contribution in [2.24, 2.45) is 14.1 Å². The summed E-state index contributed by atoms with van der Waals surface area (Å²) in [4.78, 5) is 40.4. The van der Waals surface area contributed by atoms with Gasteiger partial charge in [0.2, 0.25) is 5.91 Å². The molecule has 0 spiro atoms. The topological polar surface area (TPSA) is 76.8 Å². The number of carbonyl (C=O) groups is 1. The second kappa shape index (κ2) is 7.69. The number of hydrogen-bond donors (Lipinski definition) is 0. The van der Waals surface area contributed by atoms with Crippen LogP contribution in [0.1, 0.15) is 5.56 Å². The van der Waals surface area contributed by atoms with Gasteiger partial charge in [-0.15, -0.1) is 0 Å². The summed E-state index contributed by atoms with van der Waals surface area (Å²) in [6.45, 7) is 2.24. The van der Waals surface area contributed by atoms with Crippen LogP contribution in [0, 0.1) is 0 Å². The lowest BCUT2D eigenvalue weighted by atomic mass is 10.1. The number of ether oxygens (including phenoxy) is 1. The molecule has 0 atom stereocenters. The fourth-order valence-electron chi connectivity index (χ4n) is 3.28. The molecule has 1 aromatic heterocycles. The van der Waals surface area contributed by atoms with E-state index in [2.05, 4.69) is 0 Å². The molecule has 0 unspecified atom stereocenters. The lowest BCUT2D eigenvalue weighted by molar-refractivity contribution is -0.130. The summed E-state index contributed by atoms with van der Waals surface area (Å²) in [7, 11) is 4.71. The van der Waals surface area contributed by atoms with Crippen molar-refractivity contribution in [3.8, 4) is 5.75 Å². The molecular weight excluding hydrogens is 348 g/mol. The highest BCUT2D eigenvalue weighted by Crippen LogP contribution is 2.16. The Balaban J connectivity index is 1.66. The number of carbonyl (C=O) groups excluding carboxylic acids is 1. The van der Waals surface area contributed by atoms with Gasteiger partial charge in [0.05, 0.1) is 13.5 Å². The molecule has 8 heteroatoms. The van der Waals surface area contributed by atoms with Crippen LogP contribution in [0.5, 0.6) is 5.75 Å². The van der Waals surface area contributed by atoms with Gasteiger partial charge in [-0.3, -0.25) is 18.7 Å². The number of piperazine rings is 1. The molecule has 8 nitrogen and oxygen atoms in total. The molecule has 1 aliphatic heterocycles. The molecule has 1 amide bonds. The third-order valence-corrected chi connectivity index (χ3v) is 4.95. The van der Waals surface area contributed by atoms with Crippen LogP contribution in [0.4, 0.5) is 5.82 Å². The molecule has 1 aromatic carbocycles. The van der Waals surface area contributed by atoms with Crippen molar-refractivity contribution in [2.75, 3.05) is 38.2 Å². The van der Waals surface area contributed by atoms with Crippen molar-refractivity contribution in [3.63, 3.8) is 0 Å². The van der Waals surface area contributed by atoms with Crippen LogP contribution in [0.2, 0.25) is 0 Å². The van der Waals surface area contributed by atoms with Gasteiger partial charge in [-0.05, 0) is 17.7 Å². The molecule has 27 heavy (non-hydrogen) atoms. The molecule has 0 aliphatic carbocycles. The minimum Gasteiger partial charge on any atom is -0.497 e. The van der Waals surface area contributed by atoms with E-state index in [1.54, 1.807) is 14.2 Å². The number of anilines is 1. The number of nitrogens with zero attached hydrogens (tertiary/aromatic N) is 4. The summed E-state index contributed by atoms with van der Waals surface area (Å²) < 4.78 is 7.75. The summed E-state index contributed by atoms with van der Waals surface area (Å²) in [6, 6.07) is 8.96. The van der Waals surface area contributed by atoms with Crippen LogP contribution in [-0.2, 0) is 25.3 Å². The average Bonchev–Trinajstić information content (AvgIpc) is 2.69. The Morgan fingerprint density at radius 3 is 2.41 bits per heavy atom. The summed E-state index contributed by atoms with van der Waals surface area (Å²) in [5.74, 6) is 1.38. The van der Waals surface area contributed by atoms with Gasteiger partial charge in [0.1, 0.15) is 11.6 Å². The molecule has 0 N–H and O–H groups in total. The number of benzene rings is 1. The highest BCUT2D eigenvalue weighted by atomic mass is 16.5. The minimum atomic E-state index is -0.353. The Morgan fingerprint density at radius 1 is 1.04 bits per heavy atom. The van der Waals surface area contributed by atoms with E-state index in [9.17, 15) is 14.4 Å². The van der Waals surface area contributed by atoms with Gasteiger partial charge in [-0.25, -0.2) is 4.79 Å². The Hall–Kier alpha value is -3.03. The third kappa shape index (κ3) is 3.89. The Morgan fingerprint density at radius 2 is 1.74 bits per heavy atom. The van der Waals surface area contributed by atoms with Crippen LogP contribution in [0.15, 0.2) is 39.9 Å². The predicted octanol–water partition coefficient (Wildman–Crippen LogP) is -0.0161. The number of rotatable bonds is 4. The molecule has 0 saturated carbocycles. The van der Waals surface area contributed by atoms with Gasteiger partial charge in [0.15, 0.2) is 0 Å². The highest BCUT2D eigenvalue weighted by molar-refractivity contribution is 5.79. The normalized spacial score (nSPS) is 14.3. The van der Waals surface area contributed by atoms with Gasteiger partial charge in [-0.2, -0.15) is 0 Å². The van der Waals surface area contributed by atoms with Gasteiger partial charge in [0.25, 0.3) is 5.56 Å². The smallest absolute Gasteiger partial charge is 0.332 e. The maximum absolute atomic E-state index is 12.6. The van der Waals surface area contributed by atoms with Crippen LogP contribution < -0.4 is 20.9 Å². The number of methoxy groups -OCH3 is 1. The largest absolute Gasteiger partial charge is 0.497 e. The van der Waals surface area contributed by atoms with E-state index < -0.39 is 0 Å². The van der Waals surface area contributed by atoms with E-state index in [0.717, 1.165) is 15.9 Å². The van der Waals surface area contributed by atoms with Gasteiger partial charge >= 0.3 is 5.69 Å². The van der Waals surface area contributed by atoms with Crippen molar-refractivity contribution in [3.05, 3.63) is 56.7 Å². The van der Waals surface area contributed by atoms with Gasteiger partial charge in [-0.1, -0.05) is 12.1 Å². The summed E-state index contributed by atoms with van der Waals surface area (Å²) in [5.41, 5.74) is 0.231. The van der Waals surface area contributed by atoms with Crippen molar-refractivity contribution in [1.29, 1.82) is 0 Å². The quantitative estimate of drug-likeness (QED) is 0.754. The second-order valence-corrected chi connectivity index (χ2v) is 6.64. The zero-order valence-corrected chi connectivity index (χ0v) is 15.8. The summed E-state index contributed by atoms with van der Waals surface area (Å²) in [5, 5.41) is 0. The van der Waals surface area contributed by atoms with Crippen molar-refractivity contribution in [2.45, 2.75) is 6.42 Å². The molecule has 2 aromatic rings. The first-order chi connectivity index (χ1) is 12.9. The van der Waals surface area contributed by atoms with Crippen LogP contribution in [-0.4, -0.2) is 53.2 Å². The Kier molecular flexibility index (Phi) is 5.34. The van der Waals surface area contributed by atoms with Gasteiger partial charge < -0.3 is 14.5 Å². The fraction of sp³-hybridized carbons (Fsp3) is 0.421. The van der Waals surface area contributed by atoms with E-state index in [0.29, 0.717) is 38.4 Å². The Bertz CT molecular complexity index is 955. The molecule has 144 valence electrons. The van der Waals surface area contributed by atoms with E-state index in [-0.39, 0.29) is 17.2 Å². The molecule has 1 fully saturated rings. The van der Waals surface area contributed by atoms with Gasteiger partial charge in [0, 0.05) is 46.3 Å². The first kappa shape index (κ1) is 18.8. The molecule has 2 heterocycles. The maximum atomic E-state index is 12.6. The lowest BCUT2D eigenvalue weighted by Gasteiger charge is -2.36. The summed E-state index contributed by atoms with van der Waals surface area (Å²) >= 11 is 0. The van der Waals surface area contributed by atoms with Crippen molar-refractivity contribution >= 4 is 11.7 Å². The minimum absolute atomic E-state index is 0.0563. The van der Waals surface area contributed by atoms with E-state index in [4.69, 9.17) is 4.74 Å². The molecular formula is C19H24N4O4.